The van der Waals surface area contributed by atoms with Gasteiger partial charge in [-0.1, -0.05) is 13.8 Å². The molecule has 0 aliphatic heterocycles. The number of hydrogen-bond acceptors (Lipinski definition) is 7. The molecule has 144 valence electrons. The Morgan fingerprint density at radius 2 is 1.69 bits per heavy atom. The number of likely N-dealkylation sites (N-methyl/N-ethyl adjacent to an activating group) is 2. The summed E-state index contributed by atoms with van der Waals surface area (Å²) in [5.74, 6) is 0.0431. The summed E-state index contributed by atoms with van der Waals surface area (Å²) in [4.78, 5) is 15.8. The molecule has 1 heterocycles. The molecule has 8 nitrogen and oxygen atoms in total. The van der Waals surface area contributed by atoms with E-state index in [0.29, 0.717) is 24.1 Å². The molecule has 1 aromatic carbocycles. The Kier molecular flexibility index (Phi) is 6.20. The van der Waals surface area contributed by atoms with Gasteiger partial charge >= 0.3 is 0 Å². The Morgan fingerprint density at radius 1 is 1.08 bits per heavy atom. The summed E-state index contributed by atoms with van der Waals surface area (Å²) in [5.41, 5.74) is 1.72. The molecular weight excluding hydrogens is 374 g/mol. The molecule has 0 aliphatic carbocycles. The molecule has 0 aliphatic rings. The second-order valence-corrected chi connectivity index (χ2v) is 9.32. The minimum Gasteiger partial charge on any atom is -0.371 e. The number of carbonyl (C=O) groups is 1. The van der Waals surface area contributed by atoms with E-state index >= 15 is 0 Å². The average Bonchev–Trinajstić information content (AvgIpc) is 3.06. The Balaban J connectivity index is 2.29. The molecule has 0 saturated heterocycles. The smallest absolute Gasteiger partial charge is 0.244 e. The molecule has 0 fully saturated rings. The summed E-state index contributed by atoms with van der Waals surface area (Å²) in [6, 6.07) is 3.30. The molecule has 2 rings (SSSR count). The van der Waals surface area contributed by atoms with Gasteiger partial charge in [0, 0.05) is 47.2 Å². The Bertz CT molecular complexity index is 892. The number of nitrogens with zero attached hydrogens (tertiary/aromatic N) is 5. The van der Waals surface area contributed by atoms with Crippen molar-refractivity contribution in [2.24, 2.45) is 5.92 Å². The summed E-state index contributed by atoms with van der Waals surface area (Å²) < 4.78 is 34.6. The lowest BCUT2D eigenvalue weighted by molar-refractivity contribution is -0.132. The molecule has 2 aromatic rings. The summed E-state index contributed by atoms with van der Waals surface area (Å²) in [6.45, 7) is 4.90. The highest BCUT2D eigenvalue weighted by Crippen LogP contribution is 2.30. The number of aromatic nitrogens is 2. The molecule has 0 N–H and O–H groups in total. The number of amides is 1. The van der Waals surface area contributed by atoms with Crippen molar-refractivity contribution in [1.29, 1.82) is 0 Å². The van der Waals surface area contributed by atoms with E-state index in [1.165, 1.54) is 14.1 Å². The number of benzene rings is 1. The predicted molar refractivity (Wildman–Crippen MR) is 104 cm³/mol. The third kappa shape index (κ3) is 3.97. The van der Waals surface area contributed by atoms with E-state index in [-0.39, 0.29) is 16.7 Å². The quantitative estimate of drug-likeness (QED) is 0.701. The van der Waals surface area contributed by atoms with Crippen molar-refractivity contribution in [3.8, 4) is 0 Å². The second-order valence-electron chi connectivity index (χ2n) is 6.67. The zero-order chi connectivity index (χ0) is 19.6. The summed E-state index contributed by atoms with van der Waals surface area (Å²) >= 11 is 0.985. The Morgan fingerprint density at radius 3 is 2.27 bits per heavy atom. The van der Waals surface area contributed by atoms with Crippen molar-refractivity contribution >= 4 is 44.4 Å². The maximum Gasteiger partial charge on any atom is 0.244 e. The van der Waals surface area contributed by atoms with Crippen LogP contribution in [0.1, 0.15) is 13.8 Å². The maximum atomic E-state index is 12.5. The van der Waals surface area contributed by atoms with Crippen LogP contribution in [0.3, 0.4) is 0 Å². The monoisotopic (exact) mass is 399 g/mol. The van der Waals surface area contributed by atoms with Crippen LogP contribution in [0.2, 0.25) is 0 Å². The summed E-state index contributed by atoms with van der Waals surface area (Å²) in [6.07, 6.45) is 0. The first-order valence-corrected chi connectivity index (χ1v) is 10.4. The van der Waals surface area contributed by atoms with Crippen LogP contribution in [0.5, 0.6) is 0 Å². The van der Waals surface area contributed by atoms with Gasteiger partial charge in [0.2, 0.25) is 15.9 Å². The van der Waals surface area contributed by atoms with Crippen LogP contribution in [-0.4, -0.2) is 73.6 Å². The highest BCUT2D eigenvalue weighted by atomic mass is 32.2. The van der Waals surface area contributed by atoms with Crippen LogP contribution >= 0.6 is 11.7 Å². The van der Waals surface area contributed by atoms with Crippen molar-refractivity contribution < 1.29 is 13.2 Å². The molecule has 0 spiro atoms. The lowest BCUT2D eigenvalue weighted by atomic mass is 10.2. The van der Waals surface area contributed by atoms with Crippen molar-refractivity contribution in [3.63, 3.8) is 0 Å². The van der Waals surface area contributed by atoms with Crippen LogP contribution in [0.15, 0.2) is 17.0 Å². The van der Waals surface area contributed by atoms with Gasteiger partial charge < -0.3 is 9.80 Å². The molecule has 0 saturated carbocycles. The van der Waals surface area contributed by atoms with Gasteiger partial charge in [-0.05, 0) is 12.1 Å². The summed E-state index contributed by atoms with van der Waals surface area (Å²) in [5, 5.41) is 0. The molecule has 1 aromatic heterocycles. The molecule has 0 unspecified atom stereocenters. The maximum absolute atomic E-state index is 12.5. The van der Waals surface area contributed by atoms with Crippen LogP contribution in [0.25, 0.3) is 11.0 Å². The minimum atomic E-state index is -3.60. The third-order valence-electron chi connectivity index (χ3n) is 4.17. The second kappa shape index (κ2) is 7.85. The fourth-order valence-electron chi connectivity index (χ4n) is 2.52. The topological polar surface area (TPSA) is 86.7 Å². The van der Waals surface area contributed by atoms with Gasteiger partial charge in [0.25, 0.3) is 0 Å². The van der Waals surface area contributed by atoms with Gasteiger partial charge in [0.05, 0.1) is 17.4 Å². The van der Waals surface area contributed by atoms with E-state index in [1.54, 1.807) is 24.1 Å². The van der Waals surface area contributed by atoms with Gasteiger partial charge in [0.15, 0.2) is 0 Å². The fraction of sp³-hybridized carbons (Fsp3) is 0.562. The van der Waals surface area contributed by atoms with E-state index in [4.69, 9.17) is 0 Å². The van der Waals surface area contributed by atoms with E-state index in [0.717, 1.165) is 21.7 Å². The zero-order valence-corrected chi connectivity index (χ0v) is 17.6. The first-order valence-electron chi connectivity index (χ1n) is 8.21. The molecule has 1 amide bonds. The third-order valence-corrected chi connectivity index (χ3v) is 6.54. The molecular formula is C16H25N5O3S2. The number of hydrogen-bond donors (Lipinski definition) is 0. The van der Waals surface area contributed by atoms with E-state index in [9.17, 15) is 13.2 Å². The van der Waals surface area contributed by atoms with Gasteiger partial charge in [-0.25, -0.2) is 12.7 Å². The number of fused-ring (bicyclic) bond motifs is 1. The van der Waals surface area contributed by atoms with Crippen LogP contribution in [-0.2, 0) is 14.8 Å². The molecule has 10 heteroatoms. The summed E-state index contributed by atoms with van der Waals surface area (Å²) in [7, 11) is 3.05. The molecule has 0 atom stereocenters. The van der Waals surface area contributed by atoms with Gasteiger partial charge in [-0.3, -0.25) is 4.79 Å². The lowest BCUT2D eigenvalue weighted by Crippen LogP contribution is -2.37. The Labute approximate surface area is 158 Å². The van der Waals surface area contributed by atoms with E-state index in [1.807, 2.05) is 25.8 Å². The normalized spacial score (nSPS) is 12.2. The molecule has 0 bridgehead atoms. The van der Waals surface area contributed by atoms with Gasteiger partial charge in [-0.2, -0.15) is 8.75 Å². The number of rotatable bonds is 7. The molecule has 0 radical (unpaired) electrons. The van der Waals surface area contributed by atoms with Gasteiger partial charge in [-0.15, -0.1) is 0 Å². The van der Waals surface area contributed by atoms with Crippen molar-refractivity contribution in [3.05, 3.63) is 12.1 Å². The van der Waals surface area contributed by atoms with Crippen LogP contribution in [0.4, 0.5) is 5.69 Å². The highest BCUT2D eigenvalue weighted by molar-refractivity contribution is 7.89. The molecule has 26 heavy (non-hydrogen) atoms. The zero-order valence-electron chi connectivity index (χ0n) is 15.9. The Hall–Kier alpha value is -1.78. The van der Waals surface area contributed by atoms with E-state index in [2.05, 4.69) is 8.75 Å². The first kappa shape index (κ1) is 20.5. The largest absolute Gasteiger partial charge is 0.371 e. The van der Waals surface area contributed by atoms with Crippen molar-refractivity contribution in [2.75, 3.05) is 46.2 Å². The number of sulfonamides is 1. The number of anilines is 1. The van der Waals surface area contributed by atoms with Crippen molar-refractivity contribution in [2.45, 2.75) is 18.7 Å². The number of carbonyl (C=O) groups excluding carboxylic acids is 1. The average molecular weight is 400 g/mol. The van der Waals surface area contributed by atoms with Crippen molar-refractivity contribution in [1.82, 2.24) is 18.0 Å². The van der Waals surface area contributed by atoms with Gasteiger partial charge in [0.1, 0.15) is 15.9 Å². The SMILES string of the molecule is CC(C)C(=O)N(C)CCN(C)c1ccc(S(=O)(=O)N(C)C)c2nsnc12. The fourth-order valence-corrected chi connectivity index (χ4v) is 4.16. The first-order chi connectivity index (χ1) is 12.1. The lowest BCUT2D eigenvalue weighted by Gasteiger charge is -2.25. The van der Waals surface area contributed by atoms with E-state index < -0.39 is 10.0 Å². The minimum absolute atomic E-state index is 0.0460. The highest BCUT2D eigenvalue weighted by Gasteiger charge is 2.24. The predicted octanol–water partition coefficient (Wildman–Crippen LogP) is 1.49. The standard InChI is InChI=1S/C16H25N5O3S2/c1-11(2)16(22)21(6)10-9-20(5)12-7-8-13(26(23,24)19(3)4)15-14(12)17-25-18-15/h7-8,11H,9-10H2,1-6H3. The van der Waals surface area contributed by atoms with Crippen LogP contribution in [0, 0.1) is 5.92 Å². The van der Waals surface area contributed by atoms with Crippen LogP contribution < -0.4 is 4.90 Å².